The molecule has 0 fully saturated rings. The van der Waals surface area contributed by atoms with Crippen LogP contribution >= 0.6 is 0 Å². The van der Waals surface area contributed by atoms with Gasteiger partial charge in [0.25, 0.3) is 0 Å². The van der Waals surface area contributed by atoms with Gasteiger partial charge in [-0.2, -0.15) is 0 Å². The molecule has 0 saturated carbocycles. The molecule has 3 N–H and O–H groups in total. The smallest absolute Gasteiger partial charge is 0.338 e. The summed E-state index contributed by atoms with van der Waals surface area (Å²) in [4.78, 5) is 72.1. The lowest BCUT2D eigenvalue weighted by atomic mass is 9.97. The molecule has 0 radical (unpaired) electrons. The standard InChI is InChI=1S/C20H22N2O4.C12H13NO3.C8H9NO/c1-2-26-20(25)14-6-8-15(9-7-14)21-19(24)11-13-22-12-10-16-17(22)4-3-5-18(16)23;1-3-11(14)13-10-7-5-9(6-8-10)12(15)16-4-2;10-8-3-1-2-7-6(8)4-5-9-7/h6-10,12H,2-5,11,13H2,1H3,(H,21,24);3,5-8H,1,4H2,2H3,(H,13,14);4-5,9H,1-3H2. The van der Waals surface area contributed by atoms with Crippen molar-refractivity contribution in [3.63, 3.8) is 0 Å². The van der Waals surface area contributed by atoms with Crippen molar-refractivity contribution >= 4 is 46.7 Å². The van der Waals surface area contributed by atoms with Crippen molar-refractivity contribution < 1.29 is 38.2 Å². The van der Waals surface area contributed by atoms with E-state index in [1.165, 1.54) is 6.08 Å². The van der Waals surface area contributed by atoms with Gasteiger partial charge in [-0.15, -0.1) is 0 Å². The lowest BCUT2D eigenvalue weighted by Gasteiger charge is -2.15. The van der Waals surface area contributed by atoms with Crippen LogP contribution in [0.5, 0.6) is 0 Å². The number of aryl methyl sites for hydroxylation is 2. The molecule has 0 saturated heterocycles. The summed E-state index contributed by atoms with van der Waals surface area (Å²) in [6, 6.07) is 16.8. The number of H-pyrrole nitrogens is 1. The first-order valence-electron chi connectivity index (χ1n) is 17.3. The van der Waals surface area contributed by atoms with Crippen molar-refractivity contribution in [1.82, 2.24) is 9.55 Å². The van der Waals surface area contributed by atoms with Crippen molar-refractivity contribution in [3.8, 4) is 0 Å². The summed E-state index contributed by atoms with van der Waals surface area (Å²) in [5, 5.41) is 5.40. The first kappa shape index (κ1) is 38.8. The molecule has 272 valence electrons. The number of hydrogen-bond donors (Lipinski definition) is 3. The Morgan fingerprint density at radius 3 is 1.87 bits per heavy atom. The topological polar surface area (TPSA) is 166 Å². The second-order valence-corrected chi connectivity index (χ2v) is 11.9. The molecule has 2 amide bonds. The van der Waals surface area contributed by atoms with Crippen molar-refractivity contribution in [3.05, 3.63) is 119 Å². The van der Waals surface area contributed by atoms with Crippen LogP contribution in [0.4, 0.5) is 11.4 Å². The minimum Gasteiger partial charge on any atom is -0.462 e. The highest BCUT2D eigenvalue weighted by molar-refractivity contribution is 6.00. The first-order chi connectivity index (χ1) is 25.1. The van der Waals surface area contributed by atoms with Crippen molar-refractivity contribution in [2.45, 2.75) is 65.3 Å². The SMILES string of the molecule is C=CC(=O)Nc1ccc(C(=O)OCC)cc1.CCOC(=O)c1ccc(NC(=O)CCn2ccc3c2CCCC3=O)cc1.O=C1CCCc2[nH]ccc21. The number of rotatable bonds is 10. The Morgan fingerprint density at radius 1 is 0.750 bits per heavy atom. The minimum absolute atomic E-state index is 0.113. The quantitative estimate of drug-likeness (QED) is 0.120. The van der Waals surface area contributed by atoms with Gasteiger partial charge < -0.3 is 29.7 Å². The van der Waals surface area contributed by atoms with Gasteiger partial charge in [-0.25, -0.2) is 9.59 Å². The van der Waals surface area contributed by atoms with E-state index in [2.05, 4.69) is 22.2 Å². The fourth-order valence-corrected chi connectivity index (χ4v) is 5.68. The molecule has 12 heteroatoms. The Morgan fingerprint density at radius 2 is 1.31 bits per heavy atom. The van der Waals surface area contributed by atoms with Crippen LogP contribution in [-0.2, 0) is 38.4 Å². The summed E-state index contributed by atoms with van der Waals surface area (Å²) >= 11 is 0. The van der Waals surface area contributed by atoms with Gasteiger partial charge in [0, 0.05) is 72.1 Å². The second-order valence-electron chi connectivity index (χ2n) is 11.9. The normalized spacial score (nSPS) is 12.7. The number of ether oxygens (including phenoxy) is 2. The van der Waals surface area contributed by atoms with E-state index >= 15 is 0 Å². The second kappa shape index (κ2) is 19.4. The average molecular weight is 709 g/mol. The summed E-state index contributed by atoms with van der Waals surface area (Å²) in [6.45, 7) is 8.05. The third kappa shape index (κ3) is 11.0. The molecule has 12 nitrogen and oxygen atoms in total. The molecule has 0 aliphatic heterocycles. The predicted octanol–water partition coefficient (Wildman–Crippen LogP) is 6.73. The molecule has 0 unspecified atom stereocenters. The van der Waals surface area contributed by atoms with E-state index in [4.69, 9.17) is 9.47 Å². The fraction of sp³-hybridized carbons (Fsp3) is 0.300. The molecule has 0 spiro atoms. The van der Waals surface area contributed by atoms with Crippen LogP contribution < -0.4 is 10.6 Å². The number of aromatic amines is 1. The summed E-state index contributed by atoms with van der Waals surface area (Å²) in [7, 11) is 0. The Labute approximate surface area is 302 Å². The van der Waals surface area contributed by atoms with Crippen molar-refractivity contribution in [1.29, 1.82) is 0 Å². The Kier molecular flexibility index (Phi) is 14.4. The number of carbonyl (C=O) groups excluding carboxylic acids is 6. The number of benzene rings is 2. The maximum absolute atomic E-state index is 12.2. The summed E-state index contributed by atoms with van der Waals surface area (Å²) < 4.78 is 11.8. The van der Waals surface area contributed by atoms with E-state index in [9.17, 15) is 28.8 Å². The number of aromatic nitrogens is 2. The minimum atomic E-state index is -0.377. The average Bonchev–Trinajstić information content (AvgIpc) is 3.81. The van der Waals surface area contributed by atoms with Gasteiger partial charge in [0.1, 0.15) is 0 Å². The third-order valence-electron chi connectivity index (χ3n) is 8.27. The molecule has 2 aliphatic carbocycles. The van der Waals surface area contributed by atoms with Crippen LogP contribution in [0.2, 0.25) is 0 Å². The zero-order chi connectivity index (χ0) is 37.5. The summed E-state index contributed by atoms with van der Waals surface area (Å²) in [6.07, 6.45) is 10.3. The van der Waals surface area contributed by atoms with E-state index in [0.29, 0.717) is 60.9 Å². The molecule has 2 heterocycles. The Bertz CT molecular complexity index is 1890. The predicted molar refractivity (Wildman–Crippen MR) is 197 cm³/mol. The van der Waals surface area contributed by atoms with Crippen molar-refractivity contribution in [2.24, 2.45) is 0 Å². The van der Waals surface area contributed by atoms with Crippen LogP contribution in [-0.4, -0.2) is 58.1 Å². The van der Waals surface area contributed by atoms with Crippen LogP contribution in [0.25, 0.3) is 0 Å². The number of nitrogens with one attached hydrogen (secondary N) is 3. The highest BCUT2D eigenvalue weighted by Crippen LogP contribution is 2.23. The fourth-order valence-electron chi connectivity index (χ4n) is 5.68. The van der Waals surface area contributed by atoms with Gasteiger partial charge in [-0.1, -0.05) is 6.58 Å². The lowest BCUT2D eigenvalue weighted by Crippen LogP contribution is -2.17. The van der Waals surface area contributed by atoms with Gasteiger partial charge in [0.15, 0.2) is 11.6 Å². The number of fused-ring (bicyclic) bond motifs is 2. The zero-order valence-electron chi connectivity index (χ0n) is 29.5. The van der Waals surface area contributed by atoms with Crippen LogP contribution in [0, 0.1) is 0 Å². The highest BCUT2D eigenvalue weighted by atomic mass is 16.5. The number of anilines is 2. The Balaban J connectivity index is 0.000000196. The molecular formula is C40H44N4O8. The highest BCUT2D eigenvalue weighted by Gasteiger charge is 2.21. The summed E-state index contributed by atoms with van der Waals surface area (Å²) in [5.41, 5.74) is 6.01. The Hall–Kier alpha value is -6.04. The van der Waals surface area contributed by atoms with E-state index < -0.39 is 0 Å². The number of nitrogens with zero attached hydrogens (tertiary/aromatic N) is 1. The molecule has 4 aromatic rings. The van der Waals surface area contributed by atoms with Crippen LogP contribution in [0.3, 0.4) is 0 Å². The number of esters is 2. The largest absolute Gasteiger partial charge is 0.462 e. The number of Topliss-reactive ketones (excluding diaryl/α,β-unsaturated/α-hetero) is 2. The zero-order valence-corrected chi connectivity index (χ0v) is 29.5. The molecule has 2 aliphatic rings. The van der Waals surface area contributed by atoms with Crippen LogP contribution in [0.15, 0.2) is 85.7 Å². The summed E-state index contributed by atoms with van der Waals surface area (Å²) in [5.74, 6) is -0.664. The van der Waals surface area contributed by atoms with Gasteiger partial charge >= 0.3 is 11.9 Å². The van der Waals surface area contributed by atoms with Gasteiger partial charge in [0.05, 0.1) is 24.3 Å². The van der Waals surface area contributed by atoms with E-state index in [1.807, 2.05) is 29.1 Å². The van der Waals surface area contributed by atoms with E-state index in [0.717, 1.165) is 54.6 Å². The first-order valence-corrected chi connectivity index (χ1v) is 17.3. The maximum Gasteiger partial charge on any atom is 0.338 e. The molecular weight excluding hydrogens is 664 g/mol. The van der Waals surface area contributed by atoms with E-state index in [-0.39, 0.29) is 29.5 Å². The molecule has 6 rings (SSSR count). The number of amides is 2. The maximum atomic E-state index is 12.2. The van der Waals surface area contributed by atoms with Gasteiger partial charge in [-0.05, 0) is 106 Å². The molecule has 2 aromatic heterocycles. The van der Waals surface area contributed by atoms with Crippen LogP contribution in [0.1, 0.15) is 98.8 Å². The molecule has 2 aromatic carbocycles. The van der Waals surface area contributed by atoms with E-state index in [1.54, 1.807) is 62.4 Å². The number of hydrogen-bond acceptors (Lipinski definition) is 8. The lowest BCUT2D eigenvalue weighted by molar-refractivity contribution is -0.116. The molecule has 0 bridgehead atoms. The van der Waals surface area contributed by atoms with Crippen molar-refractivity contribution in [2.75, 3.05) is 23.8 Å². The monoisotopic (exact) mass is 708 g/mol. The van der Waals surface area contributed by atoms with Gasteiger partial charge in [-0.3, -0.25) is 19.2 Å². The van der Waals surface area contributed by atoms with Gasteiger partial charge in [0.2, 0.25) is 11.8 Å². The molecule has 52 heavy (non-hydrogen) atoms. The number of carbonyl (C=O) groups is 6. The number of ketones is 2. The molecule has 0 atom stereocenters. The third-order valence-corrected chi connectivity index (χ3v) is 8.27.